The van der Waals surface area contributed by atoms with Gasteiger partial charge in [-0.15, -0.1) is 11.3 Å². The highest BCUT2D eigenvalue weighted by Gasteiger charge is 2.27. The number of nitrogens with one attached hydrogen (secondary N) is 1. The predicted molar refractivity (Wildman–Crippen MR) is 149 cm³/mol. The van der Waals surface area contributed by atoms with Gasteiger partial charge in [-0.3, -0.25) is 19.8 Å². The van der Waals surface area contributed by atoms with Crippen molar-refractivity contribution in [2.45, 2.75) is 45.2 Å². The number of rotatable bonds is 7. The molecule has 0 aliphatic carbocycles. The molecular formula is C25H27Cl2N5O3S2. The van der Waals surface area contributed by atoms with Crippen LogP contribution >= 0.6 is 45.9 Å². The highest BCUT2D eigenvalue weighted by atomic mass is 35.5. The molecule has 1 amide bonds. The minimum Gasteiger partial charge on any atom is -0.481 e. The molecule has 5 rings (SSSR count). The van der Waals surface area contributed by atoms with Crippen LogP contribution in [0.4, 0.5) is 10.9 Å². The first kappa shape index (κ1) is 26.4. The molecule has 0 saturated carbocycles. The van der Waals surface area contributed by atoms with Gasteiger partial charge in [0.25, 0.3) is 5.91 Å². The Bertz CT molecular complexity index is 1310. The van der Waals surface area contributed by atoms with Gasteiger partial charge in [0, 0.05) is 42.1 Å². The molecule has 1 atom stereocenters. The maximum atomic E-state index is 13.1. The van der Waals surface area contributed by atoms with Crippen LogP contribution in [0, 0.1) is 5.92 Å². The molecule has 0 spiro atoms. The van der Waals surface area contributed by atoms with E-state index in [1.165, 1.54) is 41.7 Å². The van der Waals surface area contributed by atoms with Crippen molar-refractivity contribution in [2.24, 2.45) is 5.92 Å². The second-order valence-corrected chi connectivity index (χ2v) is 12.3. The summed E-state index contributed by atoms with van der Waals surface area (Å²) in [7, 11) is 0. The van der Waals surface area contributed by atoms with Gasteiger partial charge in [0.2, 0.25) is 0 Å². The van der Waals surface area contributed by atoms with E-state index in [1.807, 2.05) is 16.3 Å². The number of aliphatic carboxylic acids is 1. The number of piperidine rings is 1. The molecule has 8 nitrogen and oxygen atoms in total. The van der Waals surface area contributed by atoms with Crippen molar-refractivity contribution in [3.05, 3.63) is 44.2 Å². The first-order chi connectivity index (χ1) is 17.8. The number of thiophene rings is 1. The van der Waals surface area contributed by atoms with Crippen LogP contribution in [-0.4, -0.2) is 57.5 Å². The fraction of sp³-hybridized carbons (Fsp3) is 0.440. The lowest BCUT2D eigenvalue weighted by atomic mass is 9.97. The number of carbonyl (C=O) groups excluding carboxylic acids is 1. The topological polar surface area (TPSA) is 98.7 Å². The number of halogens is 2. The van der Waals surface area contributed by atoms with Crippen molar-refractivity contribution in [3.8, 4) is 10.6 Å². The molecule has 0 bridgehead atoms. The summed E-state index contributed by atoms with van der Waals surface area (Å²) in [6.45, 7) is 5.19. The molecule has 3 aromatic heterocycles. The number of carboxylic acids is 1. The van der Waals surface area contributed by atoms with Crippen molar-refractivity contribution in [1.82, 2.24) is 14.9 Å². The van der Waals surface area contributed by atoms with Crippen molar-refractivity contribution >= 4 is 68.7 Å². The Labute approximate surface area is 233 Å². The van der Waals surface area contributed by atoms with Crippen LogP contribution in [0.25, 0.3) is 10.6 Å². The average Bonchev–Trinajstić information content (AvgIpc) is 3.59. The fourth-order valence-electron chi connectivity index (χ4n) is 4.85. The zero-order valence-corrected chi connectivity index (χ0v) is 23.4. The molecule has 0 aromatic carbocycles. The number of thiazole rings is 1. The largest absolute Gasteiger partial charge is 0.481 e. The number of pyridine rings is 1. The highest BCUT2D eigenvalue weighted by Crippen LogP contribution is 2.38. The predicted octanol–water partition coefficient (Wildman–Crippen LogP) is 6.11. The molecule has 2 N–H and O–H groups in total. The number of nitrogens with zero attached hydrogens (tertiary/aromatic N) is 4. The van der Waals surface area contributed by atoms with Gasteiger partial charge >= 0.3 is 5.97 Å². The molecule has 0 radical (unpaired) electrons. The normalized spacial score (nSPS) is 18.9. The molecule has 3 aromatic rings. The maximum Gasteiger partial charge on any atom is 0.306 e. The van der Waals surface area contributed by atoms with E-state index in [0.717, 1.165) is 28.5 Å². The van der Waals surface area contributed by atoms with Crippen LogP contribution in [0.5, 0.6) is 0 Å². The van der Waals surface area contributed by atoms with Crippen LogP contribution in [0.3, 0.4) is 0 Å². The molecule has 2 aliphatic rings. The van der Waals surface area contributed by atoms with Gasteiger partial charge < -0.3 is 10.0 Å². The Morgan fingerprint density at radius 3 is 2.59 bits per heavy atom. The zero-order chi connectivity index (χ0) is 26.1. The van der Waals surface area contributed by atoms with E-state index in [9.17, 15) is 14.7 Å². The number of likely N-dealkylation sites (tertiary alicyclic amines) is 1. The first-order valence-electron chi connectivity index (χ1n) is 12.2. The van der Waals surface area contributed by atoms with Crippen molar-refractivity contribution in [2.75, 3.05) is 29.9 Å². The lowest BCUT2D eigenvalue weighted by molar-refractivity contribution is -0.142. The summed E-state index contributed by atoms with van der Waals surface area (Å²) in [6, 6.07) is 4.02. The molecule has 0 unspecified atom stereocenters. The van der Waals surface area contributed by atoms with E-state index in [-0.39, 0.29) is 11.8 Å². The van der Waals surface area contributed by atoms with Crippen LogP contribution in [0.15, 0.2) is 23.7 Å². The van der Waals surface area contributed by atoms with Gasteiger partial charge in [-0.1, -0.05) is 34.5 Å². The van der Waals surface area contributed by atoms with Gasteiger partial charge in [-0.05, 0) is 51.3 Å². The molecule has 2 saturated heterocycles. The first-order valence-corrected chi connectivity index (χ1v) is 14.7. The Morgan fingerprint density at radius 1 is 1.19 bits per heavy atom. The quantitative estimate of drug-likeness (QED) is 0.348. The summed E-state index contributed by atoms with van der Waals surface area (Å²) in [4.78, 5) is 40.0. The van der Waals surface area contributed by atoms with Gasteiger partial charge in [0.15, 0.2) is 5.13 Å². The SMILES string of the molecule is C[C@H]1CCCN1Cc1sc(NC(=O)c2cnc(N3CCC(C(=O)O)CC3)c(Cl)c2)nc1-c1cc(Cl)cs1. The van der Waals surface area contributed by atoms with Gasteiger partial charge in [-0.25, -0.2) is 9.97 Å². The summed E-state index contributed by atoms with van der Waals surface area (Å²) < 4.78 is 0. The van der Waals surface area contributed by atoms with E-state index >= 15 is 0 Å². The number of hydrogen-bond donors (Lipinski definition) is 2. The van der Waals surface area contributed by atoms with Crippen molar-refractivity contribution in [1.29, 1.82) is 0 Å². The number of anilines is 2. The summed E-state index contributed by atoms with van der Waals surface area (Å²) in [5.41, 5.74) is 1.19. The van der Waals surface area contributed by atoms with Crippen LogP contribution in [0.2, 0.25) is 10.0 Å². The molecule has 37 heavy (non-hydrogen) atoms. The Kier molecular flexibility index (Phi) is 8.02. The molecule has 2 fully saturated rings. The second kappa shape index (κ2) is 11.2. The van der Waals surface area contributed by atoms with E-state index < -0.39 is 5.97 Å². The number of amides is 1. The monoisotopic (exact) mass is 579 g/mol. The number of aromatic nitrogens is 2. The summed E-state index contributed by atoms with van der Waals surface area (Å²) in [6.07, 6.45) is 4.95. The average molecular weight is 581 g/mol. The smallest absolute Gasteiger partial charge is 0.306 e. The maximum absolute atomic E-state index is 13.1. The standard InChI is InChI=1S/C25H27Cl2N5O3S2/c1-14-3-2-6-32(14)12-20-21(19-10-17(26)13-36-19)29-25(37-20)30-23(33)16-9-18(27)22(28-11-16)31-7-4-15(5-8-31)24(34)35/h9-11,13-15H,2-8,12H2,1H3,(H,34,35)(H,29,30,33)/t14-/m0/s1. The Balaban J connectivity index is 1.32. The summed E-state index contributed by atoms with van der Waals surface area (Å²) in [5, 5.41) is 15.6. The fourth-order valence-corrected chi connectivity index (χ4v) is 7.29. The number of carbonyl (C=O) groups is 2. The Hall–Kier alpha value is -2.24. The van der Waals surface area contributed by atoms with Crippen LogP contribution < -0.4 is 10.2 Å². The van der Waals surface area contributed by atoms with Crippen molar-refractivity contribution in [3.63, 3.8) is 0 Å². The lowest BCUT2D eigenvalue weighted by Crippen LogP contribution is -2.37. The van der Waals surface area contributed by atoms with Crippen LogP contribution in [-0.2, 0) is 11.3 Å². The summed E-state index contributed by atoms with van der Waals surface area (Å²) >= 11 is 15.7. The summed E-state index contributed by atoms with van der Waals surface area (Å²) in [5.74, 6) is -0.880. The van der Waals surface area contributed by atoms with Gasteiger partial charge in [0.1, 0.15) is 5.82 Å². The highest BCUT2D eigenvalue weighted by molar-refractivity contribution is 7.17. The van der Waals surface area contributed by atoms with Gasteiger partial charge in [0.05, 0.1) is 32.1 Å². The van der Waals surface area contributed by atoms with E-state index in [0.29, 0.717) is 58.5 Å². The van der Waals surface area contributed by atoms with E-state index in [4.69, 9.17) is 28.2 Å². The van der Waals surface area contributed by atoms with E-state index in [1.54, 1.807) is 6.07 Å². The zero-order valence-electron chi connectivity index (χ0n) is 20.2. The Morgan fingerprint density at radius 2 is 1.97 bits per heavy atom. The second-order valence-electron chi connectivity index (χ2n) is 9.46. The number of hydrogen-bond acceptors (Lipinski definition) is 8. The minimum absolute atomic E-state index is 0.333. The van der Waals surface area contributed by atoms with E-state index in [2.05, 4.69) is 22.1 Å². The molecular weight excluding hydrogens is 553 g/mol. The number of carboxylic acid groups (broad SMARTS) is 1. The minimum atomic E-state index is -0.767. The van der Waals surface area contributed by atoms with Crippen molar-refractivity contribution < 1.29 is 14.7 Å². The van der Waals surface area contributed by atoms with Crippen LogP contribution in [0.1, 0.15) is 47.8 Å². The molecule has 12 heteroatoms. The third-order valence-electron chi connectivity index (χ3n) is 6.98. The molecule has 2 aliphatic heterocycles. The third kappa shape index (κ3) is 5.93. The molecule has 5 heterocycles. The lowest BCUT2D eigenvalue weighted by Gasteiger charge is -2.31. The van der Waals surface area contributed by atoms with Gasteiger partial charge in [-0.2, -0.15) is 0 Å². The third-order valence-corrected chi connectivity index (χ3v) is 9.50. The molecule has 196 valence electrons.